The summed E-state index contributed by atoms with van der Waals surface area (Å²) in [4.78, 5) is 38.5. The van der Waals surface area contributed by atoms with Crippen LogP contribution < -0.4 is 15.4 Å². The third-order valence-electron chi connectivity index (χ3n) is 3.65. The molecule has 0 atom stereocenters. The molecule has 3 rings (SSSR count). The molecule has 9 nitrogen and oxygen atoms in total. The highest BCUT2D eigenvalue weighted by Gasteiger charge is 2.19. The van der Waals surface area contributed by atoms with Gasteiger partial charge in [0.1, 0.15) is 0 Å². The number of amides is 2. The molecule has 0 bridgehead atoms. The molecule has 0 saturated carbocycles. The average Bonchev–Trinajstić information content (AvgIpc) is 3.02. The molecule has 144 valence electrons. The van der Waals surface area contributed by atoms with Gasteiger partial charge in [0.25, 0.3) is 5.91 Å². The Morgan fingerprint density at radius 2 is 2.00 bits per heavy atom. The van der Waals surface area contributed by atoms with Gasteiger partial charge in [0.2, 0.25) is 5.91 Å². The van der Waals surface area contributed by atoms with E-state index in [-0.39, 0.29) is 29.5 Å². The van der Waals surface area contributed by atoms with Crippen molar-refractivity contribution in [1.82, 2.24) is 4.98 Å². The number of anilines is 2. The lowest BCUT2D eigenvalue weighted by atomic mass is 10.1. The van der Waals surface area contributed by atoms with E-state index >= 15 is 0 Å². The van der Waals surface area contributed by atoms with Crippen LogP contribution >= 0.6 is 11.3 Å². The van der Waals surface area contributed by atoms with E-state index in [0.29, 0.717) is 16.3 Å². The van der Waals surface area contributed by atoms with Gasteiger partial charge < -0.3 is 15.4 Å². The summed E-state index contributed by atoms with van der Waals surface area (Å²) in [6.45, 7) is 3.40. The SMILES string of the molecule is CCOc1ccc(C(=O)Nc2ccc3nc(NC(C)=O)sc3c2)cc1[N+](=O)[O-]. The number of nitro groups is 1. The number of rotatable bonds is 6. The third-order valence-corrected chi connectivity index (χ3v) is 4.58. The van der Waals surface area contributed by atoms with Crippen molar-refractivity contribution in [1.29, 1.82) is 0 Å². The van der Waals surface area contributed by atoms with Crippen molar-refractivity contribution < 1.29 is 19.2 Å². The highest BCUT2D eigenvalue weighted by atomic mass is 32.1. The molecule has 2 amide bonds. The number of hydrogen-bond acceptors (Lipinski definition) is 7. The number of carbonyl (C=O) groups excluding carboxylic acids is 2. The van der Waals surface area contributed by atoms with Crippen LogP contribution in [-0.2, 0) is 4.79 Å². The number of ether oxygens (including phenoxy) is 1. The molecule has 1 heterocycles. The minimum absolute atomic E-state index is 0.112. The zero-order valence-corrected chi connectivity index (χ0v) is 15.8. The summed E-state index contributed by atoms with van der Waals surface area (Å²) < 4.78 is 6.00. The molecule has 2 N–H and O–H groups in total. The molecule has 2 aromatic carbocycles. The largest absolute Gasteiger partial charge is 0.487 e. The van der Waals surface area contributed by atoms with Crippen molar-refractivity contribution in [3.8, 4) is 5.75 Å². The Morgan fingerprint density at radius 1 is 1.21 bits per heavy atom. The Morgan fingerprint density at radius 3 is 2.68 bits per heavy atom. The minimum atomic E-state index is -0.589. The first kappa shape index (κ1) is 19.2. The van der Waals surface area contributed by atoms with Gasteiger partial charge >= 0.3 is 5.69 Å². The number of nitro benzene ring substituents is 1. The van der Waals surface area contributed by atoms with Gasteiger partial charge in [0.05, 0.1) is 21.7 Å². The maximum absolute atomic E-state index is 12.5. The Labute approximate surface area is 163 Å². The summed E-state index contributed by atoms with van der Waals surface area (Å²) in [7, 11) is 0. The second-order valence-corrected chi connectivity index (χ2v) is 6.74. The van der Waals surface area contributed by atoms with Crippen LogP contribution in [0.2, 0.25) is 0 Å². The van der Waals surface area contributed by atoms with Gasteiger partial charge in [-0.05, 0) is 37.3 Å². The quantitative estimate of drug-likeness (QED) is 0.479. The molecule has 0 fully saturated rings. The van der Waals surface area contributed by atoms with Crippen molar-refractivity contribution >= 4 is 49.9 Å². The van der Waals surface area contributed by atoms with Crippen LogP contribution in [0, 0.1) is 10.1 Å². The molecule has 0 aliphatic carbocycles. The van der Waals surface area contributed by atoms with Crippen LogP contribution in [-0.4, -0.2) is 28.3 Å². The van der Waals surface area contributed by atoms with E-state index < -0.39 is 10.8 Å². The molecular weight excluding hydrogens is 384 g/mol. The molecule has 0 radical (unpaired) electrons. The zero-order chi connectivity index (χ0) is 20.3. The summed E-state index contributed by atoms with van der Waals surface area (Å²) in [5.41, 5.74) is 1.06. The lowest BCUT2D eigenvalue weighted by molar-refractivity contribution is -0.385. The number of nitrogens with one attached hydrogen (secondary N) is 2. The minimum Gasteiger partial charge on any atom is -0.487 e. The van der Waals surface area contributed by atoms with Gasteiger partial charge in [-0.3, -0.25) is 19.7 Å². The number of thiazole rings is 1. The summed E-state index contributed by atoms with van der Waals surface area (Å²) in [5.74, 6) is -0.595. The van der Waals surface area contributed by atoms with Gasteiger partial charge in [0.15, 0.2) is 10.9 Å². The maximum Gasteiger partial charge on any atom is 0.311 e. The first-order valence-electron chi connectivity index (χ1n) is 8.28. The monoisotopic (exact) mass is 400 g/mol. The highest BCUT2D eigenvalue weighted by Crippen LogP contribution is 2.30. The van der Waals surface area contributed by atoms with Crippen molar-refractivity contribution in [3.63, 3.8) is 0 Å². The lowest BCUT2D eigenvalue weighted by Gasteiger charge is -2.08. The van der Waals surface area contributed by atoms with Crippen molar-refractivity contribution in [3.05, 3.63) is 52.1 Å². The predicted octanol–water partition coefficient (Wildman–Crippen LogP) is 3.81. The van der Waals surface area contributed by atoms with E-state index in [0.717, 1.165) is 4.70 Å². The number of nitrogens with zero attached hydrogens (tertiary/aromatic N) is 2. The molecular formula is C18H16N4O5S. The number of aromatic nitrogens is 1. The smallest absolute Gasteiger partial charge is 0.311 e. The average molecular weight is 400 g/mol. The zero-order valence-electron chi connectivity index (χ0n) is 15.0. The van der Waals surface area contributed by atoms with Gasteiger partial charge in [-0.2, -0.15) is 0 Å². The lowest BCUT2D eigenvalue weighted by Crippen LogP contribution is -2.12. The second kappa shape index (κ2) is 8.01. The van der Waals surface area contributed by atoms with Crippen LogP contribution in [0.4, 0.5) is 16.5 Å². The van der Waals surface area contributed by atoms with E-state index in [4.69, 9.17) is 4.74 Å². The summed E-state index contributed by atoms with van der Waals surface area (Å²) in [6.07, 6.45) is 0. The van der Waals surface area contributed by atoms with Gasteiger partial charge in [-0.15, -0.1) is 0 Å². The van der Waals surface area contributed by atoms with Crippen molar-refractivity contribution in [2.24, 2.45) is 0 Å². The van der Waals surface area contributed by atoms with Crippen LogP contribution in [0.25, 0.3) is 10.2 Å². The Bertz CT molecular complexity index is 1080. The molecule has 3 aromatic rings. The van der Waals surface area contributed by atoms with E-state index in [2.05, 4.69) is 15.6 Å². The molecule has 1 aromatic heterocycles. The molecule has 0 aliphatic heterocycles. The molecule has 0 unspecified atom stereocenters. The first-order valence-corrected chi connectivity index (χ1v) is 9.09. The number of carbonyl (C=O) groups is 2. The first-order chi connectivity index (χ1) is 13.4. The van der Waals surface area contributed by atoms with Gasteiger partial charge in [-0.1, -0.05) is 11.3 Å². The van der Waals surface area contributed by atoms with Crippen LogP contribution in [0.3, 0.4) is 0 Å². The van der Waals surface area contributed by atoms with E-state index in [1.165, 1.54) is 36.5 Å². The Hall–Kier alpha value is -3.53. The normalized spacial score (nSPS) is 10.5. The summed E-state index contributed by atoms with van der Waals surface area (Å²) >= 11 is 1.28. The van der Waals surface area contributed by atoms with Crippen LogP contribution in [0.15, 0.2) is 36.4 Å². The fourth-order valence-corrected chi connectivity index (χ4v) is 3.44. The fraction of sp³-hybridized carbons (Fsp3) is 0.167. The summed E-state index contributed by atoms with van der Waals surface area (Å²) in [5, 5.41) is 17.0. The molecule has 10 heteroatoms. The predicted molar refractivity (Wildman–Crippen MR) is 106 cm³/mol. The fourth-order valence-electron chi connectivity index (χ4n) is 2.49. The Balaban J connectivity index is 1.83. The van der Waals surface area contributed by atoms with Gasteiger partial charge in [-0.25, -0.2) is 4.98 Å². The third kappa shape index (κ3) is 4.23. The van der Waals surface area contributed by atoms with E-state index in [1.54, 1.807) is 25.1 Å². The van der Waals surface area contributed by atoms with Crippen LogP contribution in [0.1, 0.15) is 24.2 Å². The number of fused-ring (bicyclic) bond motifs is 1. The van der Waals surface area contributed by atoms with Crippen LogP contribution in [0.5, 0.6) is 5.75 Å². The van der Waals surface area contributed by atoms with E-state index in [1.807, 2.05) is 0 Å². The molecule has 0 saturated heterocycles. The van der Waals surface area contributed by atoms with Crippen molar-refractivity contribution in [2.75, 3.05) is 17.2 Å². The Kier molecular flexibility index (Phi) is 5.50. The number of hydrogen-bond donors (Lipinski definition) is 2. The highest BCUT2D eigenvalue weighted by molar-refractivity contribution is 7.22. The maximum atomic E-state index is 12.5. The van der Waals surface area contributed by atoms with Gasteiger partial charge in [0, 0.05) is 24.2 Å². The second-order valence-electron chi connectivity index (χ2n) is 5.71. The molecule has 0 spiro atoms. The van der Waals surface area contributed by atoms with Crippen molar-refractivity contribution in [2.45, 2.75) is 13.8 Å². The standard InChI is InChI=1S/C18H16N4O5S/c1-3-27-15-7-4-11(8-14(15)22(25)26)17(24)20-12-5-6-13-16(9-12)28-18(21-13)19-10(2)23/h4-9H,3H2,1-2H3,(H,20,24)(H,19,21,23). The molecule has 28 heavy (non-hydrogen) atoms. The van der Waals surface area contributed by atoms with E-state index in [9.17, 15) is 19.7 Å². The summed E-state index contributed by atoms with van der Waals surface area (Å²) in [6, 6.07) is 9.16. The number of benzene rings is 2. The molecule has 0 aliphatic rings. The topological polar surface area (TPSA) is 123 Å².